The zero-order valence-electron chi connectivity index (χ0n) is 17.5. The number of nitrogens with one attached hydrogen (secondary N) is 1. The Morgan fingerprint density at radius 3 is 2.52 bits per heavy atom. The van der Waals surface area contributed by atoms with Crippen molar-refractivity contribution in [2.45, 2.75) is 72.6 Å². The predicted molar refractivity (Wildman–Crippen MR) is 114 cm³/mol. The first-order chi connectivity index (χ1) is 13.2. The van der Waals surface area contributed by atoms with Crippen LogP contribution in [0.3, 0.4) is 0 Å². The molecule has 0 atom stereocenters. The lowest BCUT2D eigenvalue weighted by Crippen LogP contribution is -2.15. The molecule has 2 rings (SSSR count). The lowest BCUT2D eigenvalue weighted by atomic mass is 10.0. The maximum absolute atomic E-state index is 5.98. The highest BCUT2D eigenvalue weighted by Crippen LogP contribution is 2.21. The third-order valence-corrected chi connectivity index (χ3v) is 4.90. The molecule has 0 fully saturated rings. The number of anilines is 1. The molecule has 0 unspecified atom stereocenters. The van der Waals surface area contributed by atoms with E-state index >= 15 is 0 Å². The summed E-state index contributed by atoms with van der Waals surface area (Å²) in [6.45, 7) is 9.98. The normalized spacial score (nSPS) is 10.8. The van der Waals surface area contributed by atoms with Crippen LogP contribution in [0.25, 0.3) is 0 Å². The monoisotopic (exact) mass is 369 g/mol. The minimum absolute atomic E-state index is 0.617. The van der Waals surface area contributed by atoms with Crippen molar-refractivity contribution in [1.29, 1.82) is 0 Å². The Labute approximate surface area is 164 Å². The van der Waals surface area contributed by atoms with Gasteiger partial charge < -0.3 is 10.1 Å². The van der Waals surface area contributed by atoms with Crippen LogP contribution in [-0.2, 0) is 12.8 Å². The van der Waals surface area contributed by atoms with Gasteiger partial charge in [-0.1, -0.05) is 45.2 Å². The number of hydrogen-bond donors (Lipinski definition) is 1. The molecule has 0 aliphatic heterocycles. The van der Waals surface area contributed by atoms with Crippen molar-refractivity contribution in [3.05, 3.63) is 46.9 Å². The molecule has 1 heterocycles. The Hall–Kier alpha value is -2.10. The molecule has 0 aliphatic rings. The minimum Gasteiger partial charge on any atom is -0.491 e. The number of rotatable bonds is 12. The summed E-state index contributed by atoms with van der Waals surface area (Å²) in [5.41, 5.74) is 4.91. The smallest absolute Gasteiger partial charge is 0.132 e. The van der Waals surface area contributed by atoms with Gasteiger partial charge in [0, 0.05) is 11.3 Å². The molecule has 0 spiro atoms. The fourth-order valence-electron chi connectivity index (χ4n) is 3.24. The Bertz CT molecular complexity index is 700. The Morgan fingerprint density at radius 1 is 0.963 bits per heavy atom. The van der Waals surface area contributed by atoms with Crippen molar-refractivity contribution >= 4 is 5.82 Å². The van der Waals surface area contributed by atoms with E-state index in [1.807, 2.05) is 0 Å². The van der Waals surface area contributed by atoms with Gasteiger partial charge in [-0.05, 0) is 56.7 Å². The van der Waals surface area contributed by atoms with E-state index in [1.165, 1.54) is 42.4 Å². The maximum Gasteiger partial charge on any atom is 0.132 e. The van der Waals surface area contributed by atoms with E-state index in [0.717, 1.165) is 43.1 Å². The van der Waals surface area contributed by atoms with E-state index in [1.54, 1.807) is 6.33 Å². The van der Waals surface area contributed by atoms with E-state index in [-0.39, 0.29) is 0 Å². The van der Waals surface area contributed by atoms with Crippen LogP contribution in [0, 0.1) is 13.8 Å². The molecular formula is C23H35N3O. The summed E-state index contributed by atoms with van der Waals surface area (Å²) < 4.78 is 5.98. The average molecular weight is 370 g/mol. The van der Waals surface area contributed by atoms with Crippen LogP contribution in [0.4, 0.5) is 5.82 Å². The number of unbranched alkanes of at least 4 members (excludes halogenated alkanes) is 3. The fourth-order valence-corrected chi connectivity index (χ4v) is 3.24. The third kappa shape index (κ3) is 6.85. The largest absolute Gasteiger partial charge is 0.491 e. The lowest BCUT2D eigenvalue weighted by Gasteiger charge is -2.14. The highest BCUT2D eigenvalue weighted by molar-refractivity contribution is 5.45. The van der Waals surface area contributed by atoms with Crippen molar-refractivity contribution in [3.63, 3.8) is 0 Å². The summed E-state index contributed by atoms with van der Waals surface area (Å²) in [7, 11) is 0. The van der Waals surface area contributed by atoms with Crippen LogP contribution in [-0.4, -0.2) is 23.1 Å². The summed E-state index contributed by atoms with van der Waals surface area (Å²) >= 11 is 0. The standard InChI is InChI=1S/C23H35N3O/c1-5-7-9-10-20-12-13-22(18(3)16-20)27-15-14-24-23-21(11-8-6-2)19(4)25-17-26-23/h12-13,16-17H,5-11,14-15H2,1-4H3,(H,24,25,26). The summed E-state index contributed by atoms with van der Waals surface area (Å²) in [5, 5.41) is 3.42. The highest BCUT2D eigenvalue weighted by atomic mass is 16.5. The van der Waals surface area contributed by atoms with Crippen molar-refractivity contribution in [2.75, 3.05) is 18.5 Å². The molecule has 1 aromatic carbocycles. The SMILES string of the molecule is CCCCCc1ccc(OCCNc2ncnc(C)c2CCCC)c(C)c1. The van der Waals surface area contributed by atoms with E-state index in [9.17, 15) is 0 Å². The summed E-state index contributed by atoms with van der Waals surface area (Å²) in [5.74, 6) is 1.92. The molecule has 0 saturated carbocycles. The molecule has 27 heavy (non-hydrogen) atoms. The van der Waals surface area contributed by atoms with Gasteiger partial charge in [0.25, 0.3) is 0 Å². The first-order valence-electron chi connectivity index (χ1n) is 10.4. The topological polar surface area (TPSA) is 47.0 Å². The number of benzene rings is 1. The van der Waals surface area contributed by atoms with Crippen LogP contribution in [0.5, 0.6) is 5.75 Å². The number of hydrogen-bond acceptors (Lipinski definition) is 4. The Morgan fingerprint density at radius 2 is 1.78 bits per heavy atom. The van der Waals surface area contributed by atoms with Crippen LogP contribution >= 0.6 is 0 Å². The van der Waals surface area contributed by atoms with Gasteiger partial charge in [0.1, 0.15) is 24.5 Å². The Balaban J connectivity index is 1.84. The van der Waals surface area contributed by atoms with Gasteiger partial charge in [0.05, 0.1) is 6.54 Å². The molecule has 0 aliphatic carbocycles. The van der Waals surface area contributed by atoms with Gasteiger partial charge in [-0.15, -0.1) is 0 Å². The molecule has 148 valence electrons. The van der Waals surface area contributed by atoms with Crippen LogP contribution in [0.15, 0.2) is 24.5 Å². The maximum atomic E-state index is 5.98. The molecule has 1 N–H and O–H groups in total. The van der Waals surface area contributed by atoms with Crippen LogP contribution < -0.4 is 10.1 Å². The summed E-state index contributed by atoms with van der Waals surface area (Å²) in [4.78, 5) is 8.76. The minimum atomic E-state index is 0.617. The molecule has 0 bridgehead atoms. The first-order valence-corrected chi connectivity index (χ1v) is 10.4. The van der Waals surface area contributed by atoms with E-state index in [0.29, 0.717) is 6.61 Å². The van der Waals surface area contributed by atoms with Crippen molar-refractivity contribution in [3.8, 4) is 5.75 Å². The second-order valence-corrected chi connectivity index (χ2v) is 7.22. The summed E-state index contributed by atoms with van der Waals surface area (Å²) in [6.07, 6.45) is 9.96. The molecule has 4 nitrogen and oxygen atoms in total. The van der Waals surface area contributed by atoms with Gasteiger partial charge in [-0.25, -0.2) is 9.97 Å². The fraction of sp³-hybridized carbons (Fsp3) is 0.565. The first kappa shape index (κ1) is 21.2. The Kier molecular flexibility index (Phi) is 9.09. The van der Waals surface area contributed by atoms with Gasteiger partial charge in [-0.3, -0.25) is 0 Å². The zero-order chi connectivity index (χ0) is 19.5. The molecule has 1 aromatic heterocycles. The van der Waals surface area contributed by atoms with Gasteiger partial charge >= 0.3 is 0 Å². The quantitative estimate of drug-likeness (QED) is 0.490. The molecule has 2 aromatic rings. The summed E-state index contributed by atoms with van der Waals surface area (Å²) in [6, 6.07) is 6.56. The number of ether oxygens (including phenoxy) is 1. The van der Waals surface area contributed by atoms with Crippen LogP contribution in [0.2, 0.25) is 0 Å². The number of nitrogens with zero attached hydrogens (tertiary/aromatic N) is 2. The molecule has 4 heteroatoms. The number of aryl methyl sites for hydroxylation is 3. The van der Waals surface area contributed by atoms with Crippen molar-refractivity contribution < 1.29 is 4.74 Å². The lowest BCUT2D eigenvalue weighted by molar-refractivity contribution is 0.330. The van der Waals surface area contributed by atoms with Crippen LogP contribution in [0.1, 0.15) is 68.3 Å². The zero-order valence-corrected chi connectivity index (χ0v) is 17.5. The van der Waals surface area contributed by atoms with Crippen molar-refractivity contribution in [1.82, 2.24) is 9.97 Å². The second-order valence-electron chi connectivity index (χ2n) is 7.22. The molecular weight excluding hydrogens is 334 g/mol. The van der Waals surface area contributed by atoms with Crippen molar-refractivity contribution in [2.24, 2.45) is 0 Å². The van der Waals surface area contributed by atoms with E-state index < -0.39 is 0 Å². The van der Waals surface area contributed by atoms with Gasteiger partial charge in [0.15, 0.2) is 0 Å². The molecule has 0 saturated heterocycles. The van der Waals surface area contributed by atoms with E-state index in [2.05, 4.69) is 61.2 Å². The van der Waals surface area contributed by atoms with E-state index in [4.69, 9.17) is 4.74 Å². The van der Waals surface area contributed by atoms with Gasteiger partial charge in [-0.2, -0.15) is 0 Å². The van der Waals surface area contributed by atoms with Gasteiger partial charge in [0.2, 0.25) is 0 Å². The molecule has 0 radical (unpaired) electrons. The average Bonchev–Trinajstić information content (AvgIpc) is 2.66. The highest BCUT2D eigenvalue weighted by Gasteiger charge is 2.08. The predicted octanol–water partition coefficient (Wildman–Crippen LogP) is 5.66. The molecule has 0 amide bonds. The third-order valence-electron chi connectivity index (χ3n) is 4.90. The number of aromatic nitrogens is 2. The second kappa shape index (κ2) is 11.6.